The third-order valence-electron chi connectivity index (χ3n) is 4.47. The predicted octanol–water partition coefficient (Wildman–Crippen LogP) is 2.44. The van der Waals surface area contributed by atoms with Gasteiger partial charge >= 0.3 is 5.97 Å². The Hall–Kier alpha value is -2.83. The normalized spacial score (nSPS) is 17.0. The van der Waals surface area contributed by atoms with Gasteiger partial charge in [-0.05, 0) is 56.5 Å². The van der Waals surface area contributed by atoms with E-state index in [-0.39, 0.29) is 11.9 Å². The van der Waals surface area contributed by atoms with Crippen molar-refractivity contribution in [1.82, 2.24) is 14.7 Å². The quantitative estimate of drug-likeness (QED) is 0.769. The second kappa shape index (κ2) is 8.03. The van der Waals surface area contributed by atoms with E-state index < -0.39 is 6.04 Å². The van der Waals surface area contributed by atoms with Gasteiger partial charge in [-0.1, -0.05) is 0 Å². The molecule has 2 aromatic rings. The summed E-state index contributed by atoms with van der Waals surface area (Å²) in [6.45, 7) is 2.62. The molecule has 0 saturated carbocycles. The molecule has 1 fully saturated rings. The number of hydrogen-bond donors (Lipinski definition) is 0. The molecule has 1 saturated heterocycles. The van der Waals surface area contributed by atoms with Crippen LogP contribution in [0.5, 0.6) is 5.75 Å². The van der Waals surface area contributed by atoms with E-state index in [0.29, 0.717) is 25.3 Å². The first-order chi connectivity index (χ1) is 12.6. The molecule has 138 valence electrons. The molecular formula is C19H23N3O4. The summed E-state index contributed by atoms with van der Waals surface area (Å²) >= 11 is 0. The molecular weight excluding hydrogens is 334 g/mol. The Balaban J connectivity index is 1.78. The number of benzene rings is 1. The van der Waals surface area contributed by atoms with Gasteiger partial charge in [0.25, 0.3) is 5.91 Å². The van der Waals surface area contributed by atoms with Gasteiger partial charge in [0.15, 0.2) is 5.69 Å². The average Bonchev–Trinajstić information content (AvgIpc) is 3.18. The number of likely N-dealkylation sites (tertiary alicyclic amines) is 1. The Morgan fingerprint density at radius 2 is 1.96 bits per heavy atom. The maximum atomic E-state index is 12.9. The summed E-state index contributed by atoms with van der Waals surface area (Å²) in [7, 11) is 1.61. The molecule has 1 aliphatic heterocycles. The van der Waals surface area contributed by atoms with Crippen molar-refractivity contribution in [3.05, 3.63) is 42.2 Å². The highest BCUT2D eigenvalue weighted by Gasteiger charge is 2.34. The van der Waals surface area contributed by atoms with E-state index in [0.717, 1.165) is 24.3 Å². The summed E-state index contributed by atoms with van der Waals surface area (Å²) < 4.78 is 11.9. The predicted molar refractivity (Wildman–Crippen MR) is 95.4 cm³/mol. The molecule has 7 heteroatoms. The number of carbonyl (C=O) groups is 2. The monoisotopic (exact) mass is 357 g/mol. The van der Waals surface area contributed by atoms with Gasteiger partial charge in [0, 0.05) is 12.7 Å². The van der Waals surface area contributed by atoms with Crippen LogP contribution in [0.25, 0.3) is 5.69 Å². The average molecular weight is 357 g/mol. The van der Waals surface area contributed by atoms with E-state index in [1.165, 1.54) is 0 Å². The van der Waals surface area contributed by atoms with Gasteiger partial charge in [-0.2, -0.15) is 5.10 Å². The molecule has 1 aliphatic rings. The van der Waals surface area contributed by atoms with Gasteiger partial charge in [0.2, 0.25) is 0 Å². The SMILES string of the molecule is CCOC(=O)C1CCCCN1C(=O)c1ccn(-c2ccc(OC)cc2)n1. The molecule has 1 atom stereocenters. The number of rotatable bonds is 5. The van der Waals surface area contributed by atoms with Gasteiger partial charge in [0.1, 0.15) is 11.8 Å². The highest BCUT2D eigenvalue weighted by molar-refractivity contribution is 5.95. The summed E-state index contributed by atoms with van der Waals surface area (Å²) in [4.78, 5) is 26.6. The molecule has 0 aliphatic carbocycles. The lowest BCUT2D eigenvalue weighted by Crippen LogP contribution is -2.48. The Kier molecular flexibility index (Phi) is 5.55. The number of amides is 1. The van der Waals surface area contributed by atoms with E-state index >= 15 is 0 Å². The summed E-state index contributed by atoms with van der Waals surface area (Å²) in [5.41, 5.74) is 1.14. The molecule has 7 nitrogen and oxygen atoms in total. The second-order valence-electron chi connectivity index (χ2n) is 6.11. The van der Waals surface area contributed by atoms with Crippen LogP contribution in [0, 0.1) is 0 Å². The fourth-order valence-electron chi connectivity index (χ4n) is 3.12. The number of hydrogen-bond acceptors (Lipinski definition) is 5. The highest BCUT2D eigenvalue weighted by Crippen LogP contribution is 2.21. The van der Waals surface area contributed by atoms with Crippen LogP contribution in [-0.4, -0.2) is 52.9 Å². The van der Waals surface area contributed by atoms with Crippen molar-refractivity contribution in [3.63, 3.8) is 0 Å². The van der Waals surface area contributed by atoms with Crippen molar-refractivity contribution < 1.29 is 19.1 Å². The molecule has 2 heterocycles. The van der Waals surface area contributed by atoms with Crippen molar-refractivity contribution in [2.45, 2.75) is 32.2 Å². The van der Waals surface area contributed by atoms with Gasteiger partial charge in [-0.25, -0.2) is 9.48 Å². The minimum Gasteiger partial charge on any atom is -0.497 e. The van der Waals surface area contributed by atoms with Crippen LogP contribution in [-0.2, 0) is 9.53 Å². The van der Waals surface area contributed by atoms with Crippen LogP contribution in [0.3, 0.4) is 0 Å². The summed E-state index contributed by atoms with van der Waals surface area (Å²) in [5.74, 6) is 0.174. The van der Waals surface area contributed by atoms with Crippen LogP contribution in [0.15, 0.2) is 36.5 Å². The molecule has 1 aromatic heterocycles. The number of methoxy groups -OCH3 is 1. The van der Waals surface area contributed by atoms with Crippen molar-refractivity contribution in [2.24, 2.45) is 0 Å². The first-order valence-electron chi connectivity index (χ1n) is 8.81. The summed E-state index contributed by atoms with van der Waals surface area (Å²) in [6, 6.07) is 8.54. The minimum atomic E-state index is -0.526. The van der Waals surface area contributed by atoms with E-state index in [1.807, 2.05) is 24.3 Å². The van der Waals surface area contributed by atoms with Gasteiger partial charge in [-0.15, -0.1) is 0 Å². The lowest BCUT2D eigenvalue weighted by Gasteiger charge is -2.33. The van der Waals surface area contributed by atoms with Crippen LogP contribution in [0.2, 0.25) is 0 Å². The van der Waals surface area contributed by atoms with Crippen molar-refractivity contribution in [1.29, 1.82) is 0 Å². The number of aromatic nitrogens is 2. The third kappa shape index (κ3) is 3.71. The van der Waals surface area contributed by atoms with E-state index in [9.17, 15) is 9.59 Å². The molecule has 26 heavy (non-hydrogen) atoms. The number of esters is 1. The Morgan fingerprint density at radius 3 is 2.65 bits per heavy atom. The lowest BCUT2D eigenvalue weighted by molar-refractivity contribution is -0.149. The number of carbonyl (C=O) groups excluding carboxylic acids is 2. The largest absolute Gasteiger partial charge is 0.497 e. The zero-order valence-corrected chi connectivity index (χ0v) is 15.1. The summed E-state index contributed by atoms with van der Waals surface area (Å²) in [6.07, 6.45) is 4.15. The molecule has 1 unspecified atom stereocenters. The van der Waals surface area contributed by atoms with Crippen molar-refractivity contribution in [2.75, 3.05) is 20.3 Å². The Morgan fingerprint density at radius 1 is 1.19 bits per heavy atom. The first kappa shape index (κ1) is 18.0. The molecule has 1 aromatic carbocycles. The molecule has 0 spiro atoms. The maximum absolute atomic E-state index is 12.9. The third-order valence-corrected chi connectivity index (χ3v) is 4.47. The fraction of sp³-hybridized carbons (Fsp3) is 0.421. The molecule has 1 amide bonds. The number of piperidine rings is 1. The molecule has 0 radical (unpaired) electrons. The number of ether oxygens (including phenoxy) is 2. The van der Waals surface area contributed by atoms with E-state index in [2.05, 4.69) is 5.10 Å². The topological polar surface area (TPSA) is 73.7 Å². The lowest BCUT2D eigenvalue weighted by atomic mass is 10.0. The standard InChI is InChI=1S/C19H23N3O4/c1-3-26-19(24)17-6-4-5-12-21(17)18(23)16-11-13-22(20-16)14-7-9-15(25-2)10-8-14/h7-11,13,17H,3-6,12H2,1-2H3. The van der Waals surface area contributed by atoms with Gasteiger partial charge in [-0.3, -0.25) is 4.79 Å². The van der Waals surface area contributed by atoms with Crippen LogP contribution >= 0.6 is 0 Å². The molecule has 3 rings (SSSR count). The van der Waals surface area contributed by atoms with E-state index in [1.54, 1.807) is 35.9 Å². The fourth-order valence-corrected chi connectivity index (χ4v) is 3.12. The zero-order valence-electron chi connectivity index (χ0n) is 15.1. The maximum Gasteiger partial charge on any atom is 0.328 e. The van der Waals surface area contributed by atoms with Crippen molar-refractivity contribution >= 4 is 11.9 Å². The Bertz CT molecular complexity index is 769. The number of nitrogens with zero attached hydrogens (tertiary/aromatic N) is 3. The van der Waals surface area contributed by atoms with Gasteiger partial charge < -0.3 is 14.4 Å². The zero-order chi connectivity index (χ0) is 18.5. The Labute approximate surface area is 152 Å². The highest BCUT2D eigenvalue weighted by atomic mass is 16.5. The summed E-state index contributed by atoms with van der Waals surface area (Å²) in [5, 5.41) is 4.38. The van der Waals surface area contributed by atoms with Crippen molar-refractivity contribution in [3.8, 4) is 11.4 Å². The van der Waals surface area contributed by atoms with Gasteiger partial charge in [0.05, 0.1) is 19.4 Å². The first-order valence-corrected chi connectivity index (χ1v) is 8.81. The van der Waals surface area contributed by atoms with E-state index in [4.69, 9.17) is 9.47 Å². The van der Waals surface area contributed by atoms with Crippen LogP contribution in [0.4, 0.5) is 0 Å². The van der Waals surface area contributed by atoms with Crippen LogP contribution < -0.4 is 4.74 Å². The smallest absolute Gasteiger partial charge is 0.328 e. The van der Waals surface area contributed by atoms with Crippen LogP contribution in [0.1, 0.15) is 36.7 Å². The minimum absolute atomic E-state index is 0.241. The molecule has 0 bridgehead atoms. The second-order valence-corrected chi connectivity index (χ2v) is 6.11. The molecule has 0 N–H and O–H groups in total.